The summed E-state index contributed by atoms with van der Waals surface area (Å²) < 4.78 is 5.73. The summed E-state index contributed by atoms with van der Waals surface area (Å²) in [4.78, 5) is 24.8. The van der Waals surface area contributed by atoms with E-state index in [4.69, 9.17) is 10.2 Å². The van der Waals surface area contributed by atoms with E-state index in [0.29, 0.717) is 27.5 Å². The molecule has 0 aliphatic carbocycles. The van der Waals surface area contributed by atoms with Crippen molar-refractivity contribution in [2.24, 2.45) is 5.73 Å². The molecular formula is C16H13NO3S. The number of primary amides is 1. The van der Waals surface area contributed by atoms with Crippen LogP contribution in [0.4, 0.5) is 0 Å². The highest BCUT2D eigenvalue weighted by Gasteiger charge is 2.10. The van der Waals surface area contributed by atoms with Crippen molar-refractivity contribution in [3.05, 3.63) is 52.2 Å². The molecule has 3 rings (SSSR count). The predicted octanol–water partition coefficient (Wildman–Crippen LogP) is 3.16. The Balaban J connectivity index is 2.32. The molecule has 2 aromatic carbocycles. The Morgan fingerprint density at radius 3 is 2.67 bits per heavy atom. The second-order valence-corrected chi connectivity index (χ2v) is 5.93. The zero-order valence-corrected chi connectivity index (χ0v) is 12.2. The summed E-state index contributed by atoms with van der Waals surface area (Å²) in [5.41, 5.74) is 6.36. The third-order valence-electron chi connectivity index (χ3n) is 3.24. The largest absolute Gasteiger partial charge is 0.456 e. The molecule has 0 atom stereocenters. The van der Waals surface area contributed by atoms with Gasteiger partial charge in [-0.2, -0.15) is 0 Å². The second-order valence-electron chi connectivity index (χ2n) is 4.60. The van der Waals surface area contributed by atoms with Crippen LogP contribution in [0.5, 0.6) is 0 Å². The highest BCUT2D eigenvalue weighted by atomic mass is 32.2. The third-order valence-corrected chi connectivity index (χ3v) is 4.11. The number of carbonyl (C=O) groups is 1. The maximum atomic E-state index is 12.5. The standard InChI is InChI=1S/C16H13NO3S/c1-2-21-10-4-6-13-12(8-10)15(18)11-5-3-9(16(17)19)7-14(11)20-13/h3-8H,2H2,1H3,(H2,17,19). The van der Waals surface area contributed by atoms with Gasteiger partial charge in [-0.3, -0.25) is 9.59 Å². The van der Waals surface area contributed by atoms with Crippen LogP contribution in [0.1, 0.15) is 17.3 Å². The molecule has 1 amide bonds. The van der Waals surface area contributed by atoms with Crippen LogP contribution >= 0.6 is 11.8 Å². The molecule has 0 unspecified atom stereocenters. The summed E-state index contributed by atoms with van der Waals surface area (Å²) in [7, 11) is 0. The van der Waals surface area contributed by atoms with Crippen LogP contribution in [-0.2, 0) is 0 Å². The molecule has 106 valence electrons. The fraction of sp³-hybridized carbons (Fsp3) is 0.125. The summed E-state index contributed by atoms with van der Waals surface area (Å²) in [6.45, 7) is 2.06. The van der Waals surface area contributed by atoms with Crippen LogP contribution in [-0.4, -0.2) is 11.7 Å². The lowest BCUT2D eigenvalue weighted by Crippen LogP contribution is -2.11. The molecule has 0 saturated carbocycles. The number of carbonyl (C=O) groups excluding carboxylic acids is 1. The summed E-state index contributed by atoms with van der Waals surface area (Å²) in [6.07, 6.45) is 0. The van der Waals surface area contributed by atoms with E-state index in [-0.39, 0.29) is 5.43 Å². The van der Waals surface area contributed by atoms with Crippen molar-refractivity contribution in [1.82, 2.24) is 0 Å². The minimum atomic E-state index is -0.547. The summed E-state index contributed by atoms with van der Waals surface area (Å²) in [5, 5.41) is 0.999. The Morgan fingerprint density at radius 2 is 1.95 bits per heavy atom. The summed E-state index contributed by atoms with van der Waals surface area (Å²) in [6, 6.07) is 10.2. The van der Waals surface area contributed by atoms with E-state index in [1.54, 1.807) is 23.9 Å². The van der Waals surface area contributed by atoms with Gasteiger partial charge in [-0.15, -0.1) is 11.8 Å². The number of hydrogen-bond acceptors (Lipinski definition) is 4. The van der Waals surface area contributed by atoms with Gasteiger partial charge >= 0.3 is 0 Å². The normalized spacial score (nSPS) is 11.1. The Labute approximate surface area is 124 Å². The van der Waals surface area contributed by atoms with Crippen molar-refractivity contribution in [3.63, 3.8) is 0 Å². The zero-order chi connectivity index (χ0) is 15.0. The fourth-order valence-electron chi connectivity index (χ4n) is 2.24. The molecule has 1 heterocycles. The van der Waals surface area contributed by atoms with Gasteiger partial charge in [0.15, 0.2) is 0 Å². The maximum absolute atomic E-state index is 12.5. The number of hydrogen-bond donors (Lipinski definition) is 1. The molecule has 0 aliphatic heterocycles. The molecule has 0 spiro atoms. The van der Waals surface area contributed by atoms with Crippen LogP contribution < -0.4 is 11.2 Å². The predicted molar refractivity (Wildman–Crippen MR) is 84.9 cm³/mol. The monoisotopic (exact) mass is 299 g/mol. The highest BCUT2D eigenvalue weighted by molar-refractivity contribution is 7.99. The third kappa shape index (κ3) is 2.40. The smallest absolute Gasteiger partial charge is 0.248 e. The van der Waals surface area contributed by atoms with Gasteiger partial charge in [-0.25, -0.2) is 0 Å². The maximum Gasteiger partial charge on any atom is 0.248 e. The van der Waals surface area contributed by atoms with Crippen LogP contribution in [0.3, 0.4) is 0 Å². The van der Waals surface area contributed by atoms with Gasteiger partial charge in [0.1, 0.15) is 11.2 Å². The number of amides is 1. The van der Waals surface area contributed by atoms with E-state index in [0.717, 1.165) is 10.6 Å². The zero-order valence-electron chi connectivity index (χ0n) is 11.4. The number of fused-ring (bicyclic) bond motifs is 2. The minimum Gasteiger partial charge on any atom is -0.456 e. The molecular weight excluding hydrogens is 286 g/mol. The van der Waals surface area contributed by atoms with Crippen LogP contribution in [0.2, 0.25) is 0 Å². The number of nitrogens with two attached hydrogens (primary N) is 1. The van der Waals surface area contributed by atoms with E-state index in [1.165, 1.54) is 12.1 Å². The lowest BCUT2D eigenvalue weighted by Gasteiger charge is -2.04. The molecule has 0 fully saturated rings. The van der Waals surface area contributed by atoms with Gasteiger partial charge in [-0.05, 0) is 42.2 Å². The van der Waals surface area contributed by atoms with Crippen molar-refractivity contribution in [2.45, 2.75) is 11.8 Å². The number of thioether (sulfide) groups is 1. The quantitative estimate of drug-likeness (QED) is 0.595. The molecule has 1 aromatic heterocycles. The van der Waals surface area contributed by atoms with E-state index in [9.17, 15) is 9.59 Å². The fourth-order valence-corrected chi connectivity index (χ4v) is 2.94. The molecule has 3 aromatic rings. The SMILES string of the molecule is CCSc1ccc2oc3cc(C(N)=O)ccc3c(=O)c2c1. The van der Waals surface area contributed by atoms with Gasteiger partial charge in [0, 0.05) is 10.5 Å². The molecule has 0 saturated heterocycles. The molecule has 4 nitrogen and oxygen atoms in total. The average molecular weight is 299 g/mol. The highest BCUT2D eigenvalue weighted by Crippen LogP contribution is 2.24. The van der Waals surface area contributed by atoms with Gasteiger partial charge in [0.05, 0.1) is 10.8 Å². The lowest BCUT2D eigenvalue weighted by molar-refractivity contribution is 0.100. The first-order chi connectivity index (χ1) is 10.1. The summed E-state index contributed by atoms with van der Waals surface area (Å²) >= 11 is 1.67. The Bertz CT molecular complexity index is 914. The Kier molecular flexibility index (Phi) is 3.43. The van der Waals surface area contributed by atoms with E-state index < -0.39 is 5.91 Å². The topological polar surface area (TPSA) is 73.3 Å². The first-order valence-electron chi connectivity index (χ1n) is 6.53. The van der Waals surface area contributed by atoms with E-state index in [1.807, 2.05) is 12.1 Å². The van der Waals surface area contributed by atoms with Crippen LogP contribution in [0, 0.1) is 0 Å². The molecule has 0 bridgehead atoms. The first-order valence-corrected chi connectivity index (χ1v) is 7.52. The average Bonchev–Trinajstić information content (AvgIpc) is 2.48. The molecule has 5 heteroatoms. The van der Waals surface area contributed by atoms with Gasteiger partial charge in [0.25, 0.3) is 0 Å². The number of rotatable bonds is 3. The minimum absolute atomic E-state index is 0.0965. The van der Waals surface area contributed by atoms with Crippen molar-refractivity contribution >= 4 is 39.6 Å². The Hall–Kier alpha value is -2.27. The van der Waals surface area contributed by atoms with Crippen molar-refractivity contribution in [2.75, 3.05) is 5.75 Å². The second kappa shape index (κ2) is 5.26. The molecule has 0 aliphatic rings. The molecule has 2 N–H and O–H groups in total. The van der Waals surface area contributed by atoms with Gasteiger partial charge in [0.2, 0.25) is 11.3 Å². The Morgan fingerprint density at radius 1 is 1.14 bits per heavy atom. The van der Waals surface area contributed by atoms with Crippen LogP contribution in [0.15, 0.2) is 50.5 Å². The number of benzene rings is 2. The van der Waals surface area contributed by atoms with Gasteiger partial charge < -0.3 is 10.2 Å². The van der Waals surface area contributed by atoms with E-state index >= 15 is 0 Å². The van der Waals surface area contributed by atoms with Crippen LogP contribution in [0.25, 0.3) is 21.9 Å². The summed E-state index contributed by atoms with van der Waals surface area (Å²) in [5.74, 6) is 0.390. The van der Waals surface area contributed by atoms with Crippen molar-refractivity contribution in [1.29, 1.82) is 0 Å². The van der Waals surface area contributed by atoms with Crippen molar-refractivity contribution in [3.8, 4) is 0 Å². The first kappa shape index (κ1) is 13.7. The lowest BCUT2D eigenvalue weighted by atomic mass is 10.1. The molecule has 0 radical (unpaired) electrons. The van der Waals surface area contributed by atoms with Crippen molar-refractivity contribution < 1.29 is 9.21 Å². The van der Waals surface area contributed by atoms with Gasteiger partial charge in [-0.1, -0.05) is 6.92 Å². The van der Waals surface area contributed by atoms with E-state index in [2.05, 4.69) is 6.92 Å². The molecule has 21 heavy (non-hydrogen) atoms.